The fourth-order valence-electron chi connectivity index (χ4n) is 3.66. The molecule has 0 saturated carbocycles. The molecule has 0 aliphatic carbocycles. The number of carbonyl (C=O) groups excluding carboxylic acids is 2. The predicted molar refractivity (Wildman–Crippen MR) is 109 cm³/mol. The molecule has 0 radical (unpaired) electrons. The molecule has 148 valence electrons. The second-order valence-electron chi connectivity index (χ2n) is 7.08. The van der Waals surface area contributed by atoms with Crippen LogP contribution in [0.25, 0.3) is 0 Å². The normalized spacial score (nSPS) is 20.5. The van der Waals surface area contributed by atoms with Gasteiger partial charge < -0.3 is 20.7 Å². The molecule has 3 rings (SSSR count). The molecule has 1 aliphatic heterocycles. The van der Waals surface area contributed by atoms with Crippen LogP contribution in [0.2, 0.25) is 0 Å². The number of anilines is 1. The van der Waals surface area contributed by atoms with Gasteiger partial charge in [0.2, 0.25) is 0 Å². The number of nitrogens with one attached hydrogen (secondary N) is 3. The third-order valence-corrected chi connectivity index (χ3v) is 5.30. The van der Waals surface area contributed by atoms with E-state index >= 15 is 0 Å². The molecule has 2 unspecified atom stereocenters. The summed E-state index contributed by atoms with van der Waals surface area (Å²) < 4.78 is 5.41. The number of rotatable bonds is 5. The van der Waals surface area contributed by atoms with Crippen molar-refractivity contribution in [1.29, 1.82) is 0 Å². The number of alkyl carbamates (subject to hydrolysis) is 1. The van der Waals surface area contributed by atoms with Gasteiger partial charge in [0.1, 0.15) is 6.61 Å². The Hall–Kier alpha value is -3.02. The second kappa shape index (κ2) is 8.78. The van der Waals surface area contributed by atoms with E-state index in [9.17, 15) is 9.59 Å². The number of benzene rings is 2. The van der Waals surface area contributed by atoms with Gasteiger partial charge in [-0.25, -0.2) is 4.79 Å². The zero-order valence-electron chi connectivity index (χ0n) is 16.5. The van der Waals surface area contributed by atoms with Crippen molar-refractivity contribution >= 4 is 17.7 Å². The lowest BCUT2D eigenvalue weighted by Crippen LogP contribution is -2.44. The van der Waals surface area contributed by atoms with Gasteiger partial charge in [0, 0.05) is 30.3 Å². The number of hydrogen-bond acceptors (Lipinski definition) is 4. The Labute approximate surface area is 165 Å². The SMILES string of the molecule is CC[C@@H]1Nc2ccc(C(=O)NC)cc2C(NC(=O)OCc2ccccc2)C1C. The average molecular weight is 381 g/mol. The van der Waals surface area contributed by atoms with Gasteiger partial charge in [-0.1, -0.05) is 44.2 Å². The fraction of sp³-hybridized carbons (Fsp3) is 0.364. The predicted octanol–water partition coefficient (Wildman–Crippen LogP) is 3.85. The molecule has 3 atom stereocenters. The summed E-state index contributed by atoms with van der Waals surface area (Å²) in [5, 5.41) is 9.17. The van der Waals surface area contributed by atoms with Crippen LogP contribution in [0.4, 0.5) is 10.5 Å². The van der Waals surface area contributed by atoms with Gasteiger partial charge in [-0.05, 0) is 35.7 Å². The second-order valence-corrected chi connectivity index (χ2v) is 7.08. The maximum absolute atomic E-state index is 12.5. The summed E-state index contributed by atoms with van der Waals surface area (Å²) in [6.07, 6.45) is 0.462. The van der Waals surface area contributed by atoms with Gasteiger partial charge in [0.05, 0.1) is 6.04 Å². The lowest BCUT2D eigenvalue weighted by molar-refractivity contribution is 0.0963. The van der Waals surface area contributed by atoms with E-state index in [0.717, 1.165) is 23.2 Å². The van der Waals surface area contributed by atoms with E-state index in [1.54, 1.807) is 13.1 Å². The van der Waals surface area contributed by atoms with E-state index in [1.807, 2.05) is 42.5 Å². The van der Waals surface area contributed by atoms with Crippen molar-refractivity contribution < 1.29 is 14.3 Å². The standard InChI is InChI=1S/C22H27N3O3/c1-4-18-14(2)20(25-22(27)28-13-15-8-6-5-7-9-15)17-12-16(21(26)23-3)10-11-19(17)24-18/h5-12,14,18,20,24H,4,13H2,1-3H3,(H,23,26)(H,25,27)/t14?,18-,20?/m0/s1. The number of carbonyl (C=O) groups is 2. The van der Waals surface area contributed by atoms with E-state index in [4.69, 9.17) is 4.74 Å². The van der Waals surface area contributed by atoms with Crippen molar-refractivity contribution in [2.45, 2.75) is 39.0 Å². The van der Waals surface area contributed by atoms with E-state index in [2.05, 4.69) is 29.8 Å². The van der Waals surface area contributed by atoms with E-state index in [1.165, 1.54) is 0 Å². The maximum atomic E-state index is 12.5. The van der Waals surface area contributed by atoms with E-state index in [-0.39, 0.29) is 30.5 Å². The fourth-order valence-corrected chi connectivity index (χ4v) is 3.66. The minimum atomic E-state index is -0.464. The molecule has 0 aromatic heterocycles. The lowest BCUT2D eigenvalue weighted by atomic mass is 9.82. The van der Waals surface area contributed by atoms with Gasteiger partial charge in [0.25, 0.3) is 5.91 Å². The summed E-state index contributed by atoms with van der Waals surface area (Å²) in [6.45, 7) is 4.43. The molecule has 1 heterocycles. The quantitative estimate of drug-likeness (QED) is 0.735. The van der Waals surface area contributed by atoms with Gasteiger partial charge in [0.15, 0.2) is 0 Å². The monoisotopic (exact) mass is 381 g/mol. The van der Waals surface area contributed by atoms with E-state index < -0.39 is 6.09 Å². The number of fused-ring (bicyclic) bond motifs is 1. The van der Waals surface area contributed by atoms with Crippen LogP contribution in [-0.2, 0) is 11.3 Å². The Balaban J connectivity index is 1.79. The van der Waals surface area contributed by atoms with Crippen LogP contribution >= 0.6 is 0 Å². The lowest BCUT2D eigenvalue weighted by Gasteiger charge is -2.39. The van der Waals surface area contributed by atoms with E-state index in [0.29, 0.717) is 5.56 Å². The van der Waals surface area contributed by atoms with Crippen molar-refractivity contribution in [2.24, 2.45) is 5.92 Å². The summed E-state index contributed by atoms with van der Waals surface area (Å²) in [5.74, 6) is -0.0137. The highest BCUT2D eigenvalue weighted by atomic mass is 16.5. The first kappa shape index (κ1) is 19.7. The van der Waals surface area contributed by atoms with Crippen LogP contribution in [0.15, 0.2) is 48.5 Å². The molecule has 0 fully saturated rings. The molecule has 6 heteroatoms. The van der Waals surface area contributed by atoms with Gasteiger partial charge in [-0.2, -0.15) is 0 Å². The summed E-state index contributed by atoms with van der Waals surface area (Å²) in [6, 6.07) is 15.1. The van der Waals surface area contributed by atoms with Gasteiger partial charge in [-0.15, -0.1) is 0 Å². The highest BCUT2D eigenvalue weighted by Crippen LogP contribution is 2.38. The third-order valence-electron chi connectivity index (χ3n) is 5.30. The number of hydrogen-bond donors (Lipinski definition) is 3. The van der Waals surface area contributed by atoms with Crippen LogP contribution < -0.4 is 16.0 Å². The molecule has 0 spiro atoms. The minimum Gasteiger partial charge on any atom is -0.445 e. The molecule has 1 aliphatic rings. The molecular weight excluding hydrogens is 354 g/mol. The zero-order valence-corrected chi connectivity index (χ0v) is 16.5. The smallest absolute Gasteiger partial charge is 0.407 e. The van der Waals surface area contributed by atoms with Crippen LogP contribution in [0, 0.1) is 5.92 Å². The first-order chi connectivity index (χ1) is 13.5. The molecule has 28 heavy (non-hydrogen) atoms. The highest BCUT2D eigenvalue weighted by Gasteiger charge is 2.34. The first-order valence-electron chi connectivity index (χ1n) is 9.63. The molecule has 6 nitrogen and oxygen atoms in total. The number of amides is 2. The summed E-state index contributed by atoms with van der Waals surface area (Å²) in [7, 11) is 1.60. The van der Waals surface area contributed by atoms with Crippen molar-refractivity contribution in [3.63, 3.8) is 0 Å². The van der Waals surface area contributed by atoms with Gasteiger partial charge in [-0.3, -0.25) is 4.79 Å². The van der Waals surface area contributed by atoms with Gasteiger partial charge >= 0.3 is 6.09 Å². The number of ether oxygens (including phenoxy) is 1. The average Bonchev–Trinajstić information content (AvgIpc) is 2.73. The first-order valence-corrected chi connectivity index (χ1v) is 9.63. The summed E-state index contributed by atoms with van der Waals surface area (Å²) in [5.41, 5.74) is 3.33. The zero-order chi connectivity index (χ0) is 20.1. The van der Waals surface area contributed by atoms with Crippen molar-refractivity contribution in [1.82, 2.24) is 10.6 Å². The molecule has 0 bridgehead atoms. The van der Waals surface area contributed by atoms with Crippen molar-refractivity contribution in [3.8, 4) is 0 Å². The maximum Gasteiger partial charge on any atom is 0.407 e. The van der Waals surface area contributed by atoms with Crippen molar-refractivity contribution in [2.75, 3.05) is 12.4 Å². The Kier molecular flexibility index (Phi) is 6.19. The Bertz CT molecular complexity index is 838. The molecule has 2 amide bonds. The Morgan fingerprint density at radius 2 is 1.89 bits per heavy atom. The summed E-state index contributed by atoms with van der Waals surface area (Å²) in [4.78, 5) is 24.5. The van der Waals surface area contributed by atoms with Crippen LogP contribution in [0.3, 0.4) is 0 Å². The molecule has 0 saturated heterocycles. The largest absolute Gasteiger partial charge is 0.445 e. The van der Waals surface area contributed by atoms with Crippen LogP contribution in [0.5, 0.6) is 0 Å². The molecule has 2 aromatic rings. The highest BCUT2D eigenvalue weighted by molar-refractivity contribution is 5.94. The van der Waals surface area contributed by atoms with Crippen LogP contribution in [0.1, 0.15) is 47.8 Å². The van der Waals surface area contributed by atoms with Crippen LogP contribution in [-0.4, -0.2) is 25.1 Å². The third kappa shape index (κ3) is 4.27. The molecular formula is C22H27N3O3. The van der Waals surface area contributed by atoms with Crippen molar-refractivity contribution in [3.05, 3.63) is 65.2 Å². The topological polar surface area (TPSA) is 79.5 Å². The Morgan fingerprint density at radius 1 is 1.14 bits per heavy atom. The Morgan fingerprint density at radius 3 is 2.57 bits per heavy atom. The molecule has 2 aromatic carbocycles. The summed E-state index contributed by atoms with van der Waals surface area (Å²) >= 11 is 0. The minimum absolute atomic E-state index is 0.140. The molecule has 3 N–H and O–H groups in total.